The van der Waals surface area contributed by atoms with Crippen molar-refractivity contribution in [3.8, 4) is 0 Å². The van der Waals surface area contributed by atoms with E-state index in [9.17, 15) is 19.4 Å². The predicted molar refractivity (Wildman–Crippen MR) is 332 cm³/mol. The molecule has 0 aliphatic rings. The maximum Gasteiger partial charge on any atom is 0.472 e. The van der Waals surface area contributed by atoms with Gasteiger partial charge < -0.3 is 19.8 Å². The molecule has 1 amide bonds. The Bertz CT molecular complexity index is 1650. The average molecular weight is 1080 g/mol. The number of amides is 1. The van der Waals surface area contributed by atoms with Crippen LogP contribution in [0.5, 0.6) is 0 Å². The second-order valence-corrected chi connectivity index (χ2v) is 23.1. The van der Waals surface area contributed by atoms with Crippen molar-refractivity contribution in [1.82, 2.24) is 5.32 Å². The number of carbonyl (C=O) groups is 1. The number of quaternary nitrogens is 1. The van der Waals surface area contributed by atoms with Crippen LogP contribution in [0.1, 0.15) is 245 Å². The molecule has 0 bridgehead atoms. The van der Waals surface area contributed by atoms with Gasteiger partial charge in [-0.3, -0.25) is 13.8 Å². The molecule has 8 nitrogen and oxygen atoms in total. The van der Waals surface area contributed by atoms with Gasteiger partial charge in [-0.15, -0.1) is 0 Å². The van der Waals surface area contributed by atoms with E-state index in [4.69, 9.17) is 9.05 Å². The third-order valence-electron chi connectivity index (χ3n) is 13.1. The van der Waals surface area contributed by atoms with E-state index >= 15 is 0 Å². The Morgan fingerprint density at radius 1 is 0.461 bits per heavy atom. The molecule has 0 rings (SSSR count). The second kappa shape index (κ2) is 56.6. The lowest BCUT2D eigenvalue weighted by Crippen LogP contribution is -2.45. The third-order valence-corrected chi connectivity index (χ3v) is 14.1. The van der Waals surface area contributed by atoms with E-state index in [2.05, 4.69) is 129 Å². The average Bonchev–Trinajstić information content (AvgIpc) is 3.38. The molecule has 76 heavy (non-hydrogen) atoms. The number of allylic oxidation sites excluding steroid dienone is 19. The Labute approximate surface area is 469 Å². The van der Waals surface area contributed by atoms with E-state index in [1.54, 1.807) is 6.08 Å². The summed E-state index contributed by atoms with van der Waals surface area (Å²) in [5, 5.41) is 13.9. The largest absolute Gasteiger partial charge is 0.472 e. The van der Waals surface area contributed by atoms with Crippen molar-refractivity contribution in [2.75, 3.05) is 40.9 Å². The highest BCUT2D eigenvalue weighted by atomic mass is 31.2. The van der Waals surface area contributed by atoms with Crippen LogP contribution in [0.25, 0.3) is 0 Å². The van der Waals surface area contributed by atoms with E-state index in [1.165, 1.54) is 135 Å². The normalized spacial score (nSPS) is 14.7. The van der Waals surface area contributed by atoms with Crippen molar-refractivity contribution in [2.24, 2.45) is 0 Å². The number of phosphoric acid groups is 1. The highest BCUT2D eigenvalue weighted by Crippen LogP contribution is 2.43. The summed E-state index contributed by atoms with van der Waals surface area (Å²) < 4.78 is 23.7. The minimum atomic E-state index is -4.37. The van der Waals surface area contributed by atoms with Gasteiger partial charge >= 0.3 is 7.82 Å². The van der Waals surface area contributed by atoms with E-state index in [0.717, 1.165) is 89.9 Å². The number of unbranched alkanes of at least 4 members (excludes halogenated alkanes) is 24. The van der Waals surface area contributed by atoms with Gasteiger partial charge in [-0.2, -0.15) is 0 Å². The Hall–Kier alpha value is -3.10. The van der Waals surface area contributed by atoms with Gasteiger partial charge in [0.05, 0.1) is 39.9 Å². The van der Waals surface area contributed by atoms with Crippen molar-refractivity contribution >= 4 is 13.7 Å². The first kappa shape index (κ1) is 72.9. The Morgan fingerprint density at radius 2 is 0.803 bits per heavy atom. The molecule has 0 aliphatic heterocycles. The van der Waals surface area contributed by atoms with Crippen LogP contribution in [0, 0.1) is 0 Å². The second-order valence-electron chi connectivity index (χ2n) is 21.7. The van der Waals surface area contributed by atoms with Gasteiger partial charge in [-0.05, 0) is 103 Å². The zero-order chi connectivity index (χ0) is 55.6. The SMILES string of the molecule is CC/C=C\C/C=C\C/C=C\C/C=C\C/C=C\C/C=C\C/C=C\CCCCCCCCCCCCCC(=O)NC(COP(=O)(O)OCC[N+](C)(C)C)C(O)/C=C/CC/C=C/CC/C=C/CCCCCCCCCCCCC. The molecular formula is C67H118N2O6P+. The monoisotopic (exact) mass is 1080 g/mol. The van der Waals surface area contributed by atoms with Crippen LogP contribution in [-0.2, 0) is 18.4 Å². The molecule has 3 atom stereocenters. The fourth-order valence-corrected chi connectivity index (χ4v) is 9.08. The Morgan fingerprint density at radius 3 is 1.21 bits per heavy atom. The summed E-state index contributed by atoms with van der Waals surface area (Å²) in [4.78, 5) is 23.3. The summed E-state index contributed by atoms with van der Waals surface area (Å²) in [5.41, 5.74) is 0. The minimum absolute atomic E-state index is 0.0474. The van der Waals surface area contributed by atoms with Gasteiger partial charge in [0.2, 0.25) is 5.91 Å². The van der Waals surface area contributed by atoms with Crippen molar-refractivity contribution in [3.05, 3.63) is 122 Å². The standard InChI is InChI=1S/C67H117N2O6P/c1-6-8-10-12-14-16-18-20-22-24-26-28-29-30-31-32-33-34-35-36-37-38-39-41-43-45-47-49-51-53-55-57-59-61-67(71)68-65(64-75-76(72,73)74-63-62-69(3,4)5)66(70)60-58-56-54-52-50-48-46-44-42-40-27-25-23-21-19-17-15-13-11-9-7-2/h8,10,14,16,20,22,26,28,30-31,33-34,36-37,42,44,50,52,58,60,65-66,70H,6-7,9,11-13,15,17-19,21,23-25,27,29,32,35,38-41,43,45-49,51,53-57,59,61-64H2,1-5H3,(H-,68,71,72,73)/p+1/b10-8-,16-14-,22-20-,28-26-,31-30-,34-33-,37-36-,44-42+,52-50+,60-58+. The third kappa shape index (κ3) is 58.6. The maximum absolute atomic E-state index is 13.0. The highest BCUT2D eigenvalue weighted by Gasteiger charge is 2.27. The van der Waals surface area contributed by atoms with Gasteiger partial charge in [-0.25, -0.2) is 4.57 Å². The number of rotatable bonds is 55. The van der Waals surface area contributed by atoms with Crippen molar-refractivity contribution in [1.29, 1.82) is 0 Å². The molecule has 0 spiro atoms. The molecule has 3 unspecified atom stereocenters. The first-order valence-electron chi connectivity index (χ1n) is 30.9. The van der Waals surface area contributed by atoms with E-state index in [0.29, 0.717) is 17.4 Å². The first-order valence-corrected chi connectivity index (χ1v) is 32.4. The maximum atomic E-state index is 13.0. The topological polar surface area (TPSA) is 105 Å². The number of aliphatic hydroxyl groups is 1. The van der Waals surface area contributed by atoms with Crippen LogP contribution in [-0.4, -0.2) is 73.4 Å². The molecule has 436 valence electrons. The summed E-state index contributed by atoms with van der Waals surface area (Å²) in [7, 11) is 1.53. The Balaban J connectivity index is 4.23. The molecule has 0 saturated carbocycles. The summed E-state index contributed by atoms with van der Waals surface area (Å²) in [5.74, 6) is -0.198. The summed E-state index contributed by atoms with van der Waals surface area (Å²) in [6.07, 6.45) is 84.5. The number of hydrogen-bond donors (Lipinski definition) is 3. The van der Waals surface area contributed by atoms with Crippen molar-refractivity contribution < 1.29 is 32.9 Å². The van der Waals surface area contributed by atoms with Gasteiger partial charge in [0.15, 0.2) is 0 Å². The predicted octanol–water partition coefficient (Wildman–Crippen LogP) is 19.3. The van der Waals surface area contributed by atoms with Crippen molar-refractivity contribution in [3.63, 3.8) is 0 Å². The fourth-order valence-electron chi connectivity index (χ4n) is 8.35. The zero-order valence-electron chi connectivity index (χ0n) is 49.7. The van der Waals surface area contributed by atoms with Crippen LogP contribution in [0.3, 0.4) is 0 Å². The van der Waals surface area contributed by atoms with E-state index < -0.39 is 20.0 Å². The highest BCUT2D eigenvalue weighted by molar-refractivity contribution is 7.47. The number of nitrogens with zero attached hydrogens (tertiary/aromatic N) is 1. The molecule has 0 aromatic heterocycles. The molecule has 0 heterocycles. The molecule has 0 aromatic rings. The quantitative estimate of drug-likeness (QED) is 0.0243. The van der Waals surface area contributed by atoms with Crippen molar-refractivity contribution in [2.45, 2.75) is 257 Å². The smallest absolute Gasteiger partial charge is 0.387 e. The van der Waals surface area contributed by atoms with E-state index in [-0.39, 0.29) is 19.1 Å². The molecule has 0 fully saturated rings. The molecular weight excluding hydrogens is 960 g/mol. The molecule has 0 radical (unpaired) electrons. The lowest BCUT2D eigenvalue weighted by atomic mass is 10.0. The molecule has 9 heteroatoms. The van der Waals surface area contributed by atoms with Gasteiger partial charge in [0.25, 0.3) is 0 Å². The van der Waals surface area contributed by atoms with Gasteiger partial charge in [-0.1, -0.05) is 257 Å². The van der Waals surface area contributed by atoms with Crippen LogP contribution < -0.4 is 5.32 Å². The van der Waals surface area contributed by atoms with Crippen LogP contribution in [0.4, 0.5) is 0 Å². The van der Waals surface area contributed by atoms with Crippen LogP contribution >= 0.6 is 7.82 Å². The van der Waals surface area contributed by atoms with Gasteiger partial charge in [0.1, 0.15) is 13.2 Å². The van der Waals surface area contributed by atoms with Crippen LogP contribution in [0.15, 0.2) is 122 Å². The number of phosphoric ester groups is 1. The first-order chi connectivity index (χ1) is 37.0. The lowest BCUT2D eigenvalue weighted by Gasteiger charge is -2.25. The molecule has 3 N–H and O–H groups in total. The number of carbonyl (C=O) groups excluding carboxylic acids is 1. The summed E-state index contributed by atoms with van der Waals surface area (Å²) in [6.45, 7) is 4.67. The van der Waals surface area contributed by atoms with Crippen LogP contribution in [0.2, 0.25) is 0 Å². The van der Waals surface area contributed by atoms with Gasteiger partial charge in [0, 0.05) is 6.42 Å². The number of hydrogen-bond acceptors (Lipinski definition) is 5. The molecule has 0 aromatic carbocycles. The van der Waals surface area contributed by atoms with E-state index in [1.807, 2.05) is 27.2 Å². The lowest BCUT2D eigenvalue weighted by molar-refractivity contribution is -0.870. The Kier molecular flexibility index (Phi) is 54.3. The molecule has 0 saturated heterocycles. The zero-order valence-corrected chi connectivity index (χ0v) is 50.6. The number of aliphatic hydroxyl groups excluding tert-OH is 1. The fraction of sp³-hybridized carbons (Fsp3) is 0.687. The number of nitrogens with one attached hydrogen (secondary N) is 1. The molecule has 0 aliphatic carbocycles. The summed E-state index contributed by atoms with van der Waals surface area (Å²) >= 11 is 0. The summed E-state index contributed by atoms with van der Waals surface area (Å²) in [6, 6.07) is -0.880. The number of likely N-dealkylation sites (N-methyl/N-ethyl adjacent to an activating group) is 1. The minimum Gasteiger partial charge on any atom is -0.387 e.